The molecule has 0 spiro atoms. The first-order valence-electron chi connectivity index (χ1n) is 6.66. The maximum atomic E-state index is 13.9. The highest BCUT2D eigenvalue weighted by Crippen LogP contribution is 2.32. The number of nitrogens with two attached hydrogens (primary N) is 1. The van der Waals surface area contributed by atoms with Crippen LogP contribution in [0.4, 0.5) is 4.39 Å². The fraction of sp³-hybridized carbons (Fsp3) is 0.250. The summed E-state index contributed by atoms with van der Waals surface area (Å²) in [4.78, 5) is 0. The molecule has 21 heavy (non-hydrogen) atoms. The summed E-state index contributed by atoms with van der Waals surface area (Å²) in [5, 5.41) is 0. The Balaban J connectivity index is 2.31. The molecule has 1 unspecified atom stereocenters. The van der Waals surface area contributed by atoms with E-state index in [1.165, 1.54) is 6.07 Å². The van der Waals surface area contributed by atoms with E-state index >= 15 is 0 Å². The van der Waals surface area contributed by atoms with E-state index in [0.29, 0.717) is 16.6 Å². The highest BCUT2D eigenvalue weighted by atomic mass is 79.9. The minimum Gasteiger partial charge on any atom is -0.454 e. The van der Waals surface area contributed by atoms with Crippen LogP contribution < -0.4 is 10.5 Å². The van der Waals surface area contributed by atoms with E-state index in [1.807, 2.05) is 25.1 Å². The molecule has 2 aromatic rings. The second-order valence-corrected chi connectivity index (χ2v) is 6.63. The summed E-state index contributed by atoms with van der Waals surface area (Å²) < 4.78 is 21.2. The molecule has 2 nitrogen and oxygen atoms in total. The van der Waals surface area contributed by atoms with Crippen LogP contribution in [0.25, 0.3) is 0 Å². The van der Waals surface area contributed by atoms with Gasteiger partial charge in [0.15, 0.2) is 11.6 Å². The minimum absolute atomic E-state index is 0.0586. The van der Waals surface area contributed by atoms with Crippen LogP contribution >= 0.6 is 31.9 Å². The van der Waals surface area contributed by atoms with Gasteiger partial charge in [-0.1, -0.05) is 44.8 Å². The van der Waals surface area contributed by atoms with E-state index in [1.54, 1.807) is 12.1 Å². The third-order valence-corrected chi connectivity index (χ3v) is 4.14. The Morgan fingerprint density at radius 1 is 1.10 bits per heavy atom. The summed E-state index contributed by atoms with van der Waals surface area (Å²) in [5.41, 5.74) is 6.98. The molecule has 0 fully saturated rings. The summed E-state index contributed by atoms with van der Waals surface area (Å²) in [6.07, 6.45) is 1.57. The predicted molar refractivity (Wildman–Crippen MR) is 90.3 cm³/mol. The Morgan fingerprint density at radius 3 is 2.43 bits per heavy atom. The first-order valence-corrected chi connectivity index (χ1v) is 8.25. The lowest BCUT2D eigenvalue weighted by Gasteiger charge is -2.15. The van der Waals surface area contributed by atoms with Crippen molar-refractivity contribution in [2.24, 2.45) is 5.73 Å². The van der Waals surface area contributed by atoms with Crippen LogP contribution in [-0.2, 0) is 6.42 Å². The zero-order valence-electron chi connectivity index (χ0n) is 11.6. The van der Waals surface area contributed by atoms with Crippen molar-refractivity contribution in [3.8, 4) is 11.5 Å². The fourth-order valence-corrected chi connectivity index (χ4v) is 2.57. The van der Waals surface area contributed by atoms with Crippen LogP contribution in [0.1, 0.15) is 18.9 Å². The summed E-state index contributed by atoms with van der Waals surface area (Å²) in [5.74, 6) is 0.409. The van der Waals surface area contributed by atoms with Crippen LogP contribution in [0.5, 0.6) is 11.5 Å². The van der Waals surface area contributed by atoms with Gasteiger partial charge in [-0.2, -0.15) is 0 Å². The van der Waals surface area contributed by atoms with E-state index in [0.717, 1.165) is 16.5 Å². The average Bonchev–Trinajstić information content (AvgIpc) is 2.44. The molecule has 5 heteroatoms. The van der Waals surface area contributed by atoms with Crippen molar-refractivity contribution in [1.82, 2.24) is 0 Å². The lowest BCUT2D eigenvalue weighted by molar-refractivity contribution is 0.435. The molecule has 2 rings (SSSR count). The van der Waals surface area contributed by atoms with Crippen LogP contribution in [0.3, 0.4) is 0 Å². The molecule has 0 amide bonds. The first-order chi connectivity index (χ1) is 9.99. The van der Waals surface area contributed by atoms with Crippen molar-refractivity contribution in [1.29, 1.82) is 0 Å². The van der Waals surface area contributed by atoms with Crippen LogP contribution in [0.15, 0.2) is 45.3 Å². The standard InChI is InChI=1S/C16H16Br2FNO/c1-2-13(20)7-10-3-4-12(18)9-16(10)21-15-6-5-11(17)8-14(15)19/h3-6,8-9,13H,2,7,20H2,1H3. The fourth-order valence-electron chi connectivity index (χ4n) is 1.90. The third-order valence-electron chi connectivity index (χ3n) is 3.15. The van der Waals surface area contributed by atoms with Gasteiger partial charge in [0.25, 0.3) is 0 Å². The van der Waals surface area contributed by atoms with Crippen LogP contribution in [0, 0.1) is 5.82 Å². The molecule has 2 aromatic carbocycles. The molecule has 0 aliphatic rings. The largest absolute Gasteiger partial charge is 0.454 e. The molecule has 0 heterocycles. The van der Waals surface area contributed by atoms with Gasteiger partial charge in [0, 0.05) is 15.0 Å². The number of benzene rings is 2. The quantitative estimate of drug-likeness (QED) is 0.705. The smallest absolute Gasteiger partial charge is 0.166 e. The van der Waals surface area contributed by atoms with E-state index in [-0.39, 0.29) is 11.8 Å². The van der Waals surface area contributed by atoms with Crippen molar-refractivity contribution in [3.63, 3.8) is 0 Å². The van der Waals surface area contributed by atoms with E-state index < -0.39 is 5.82 Å². The Bertz CT molecular complexity index is 634. The second-order valence-electron chi connectivity index (χ2n) is 4.80. The first kappa shape index (κ1) is 16.5. The molecule has 112 valence electrons. The van der Waals surface area contributed by atoms with E-state index in [9.17, 15) is 4.39 Å². The monoisotopic (exact) mass is 415 g/mol. The summed E-state index contributed by atoms with van der Waals surface area (Å²) in [6, 6.07) is 10.5. The Morgan fingerprint density at radius 2 is 1.76 bits per heavy atom. The highest BCUT2D eigenvalue weighted by Gasteiger charge is 2.12. The topological polar surface area (TPSA) is 35.2 Å². The number of halogens is 3. The lowest BCUT2D eigenvalue weighted by atomic mass is 10.0. The number of hydrogen-bond acceptors (Lipinski definition) is 2. The van der Waals surface area contributed by atoms with Crippen molar-refractivity contribution < 1.29 is 9.13 Å². The van der Waals surface area contributed by atoms with Crippen LogP contribution in [0.2, 0.25) is 0 Å². The SMILES string of the molecule is CCC(N)Cc1ccc(Br)cc1Oc1ccc(Br)cc1F. The number of ether oxygens (including phenoxy) is 1. The Kier molecular flexibility index (Phi) is 5.79. The van der Waals surface area contributed by atoms with Gasteiger partial charge in [-0.25, -0.2) is 4.39 Å². The number of hydrogen-bond donors (Lipinski definition) is 1. The predicted octanol–water partition coefficient (Wildman–Crippen LogP) is 5.42. The van der Waals surface area contributed by atoms with Gasteiger partial charge in [-0.15, -0.1) is 0 Å². The average molecular weight is 417 g/mol. The van der Waals surface area contributed by atoms with Gasteiger partial charge < -0.3 is 10.5 Å². The maximum absolute atomic E-state index is 13.9. The van der Waals surface area contributed by atoms with Crippen molar-refractivity contribution in [3.05, 3.63) is 56.7 Å². The van der Waals surface area contributed by atoms with Gasteiger partial charge in [-0.3, -0.25) is 0 Å². The van der Waals surface area contributed by atoms with Gasteiger partial charge >= 0.3 is 0 Å². The maximum Gasteiger partial charge on any atom is 0.166 e. The van der Waals surface area contributed by atoms with Gasteiger partial charge in [0.2, 0.25) is 0 Å². The molecule has 0 aliphatic heterocycles. The summed E-state index contributed by atoms with van der Waals surface area (Å²) in [7, 11) is 0. The molecular weight excluding hydrogens is 401 g/mol. The normalized spacial score (nSPS) is 12.2. The van der Waals surface area contributed by atoms with E-state index in [2.05, 4.69) is 31.9 Å². The Labute approximate surface area is 140 Å². The summed E-state index contributed by atoms with van der Waals surface area (Å²) >= 11 is 6.64. The molecule has 0 saturated carbocycles. The molecule has 0 radical (unpaired) electrons. The highest BCUT2D eigenvalue weighted by molar-refractivity contribution is 9.10. The van der Waals surface area contributed by atoms with Crippen molar-refractivity contribution in [2.45, 2.75) is 25.8 Å². The zero-order chi connectivity index (χ0) is 15.4. The number of rotatable bonds is 5. The second kappa shape index (κ2) is 7.38. The van der Waals surface area contributed by atoms with Crippen LogP contribution in [-0.4, -0.2) is 6.04 Å². The van der Waals surface area contributed by atoms with Gasteiger partial charge in [0.05, 0.1) is 0 Å². The molecule has 1 atom stereocenters. The molecule has 0 aliphatic carbocycles. The lowest BCUT2D eigenvalue weighted by Crippen LogP contribution is -2.21. The molecule has 0 bridgehead atoms. The molecule has 0 aromatic heterocycles. The third kappa shape index (κ3) is 4.53. The molecule has 0 saturated heterocycles. The van der Waals surface area contributed by atoms with Gasteiger partial charge in [-0.05, 0) is 48.7 Å². The van der Waals surface area contributed by atoms with Gasteiger partial charge in [0.1, 0.15) is 5.75 Å². The molecular formula is C16H16Br2FNO. The van der Waals surface area contributed by atoms with Crippen molar-refractivity contribution in [2.75, 3.05) is 0 Å². The summed E-state index contributed by atoms with van der Waals surface area (Å²) in [6.45, 7) is 2.04. The Hall–Kier alpha value is -0.910. The molecule has 2 N–H and O–H groups in total. The van der Waals surface area contributed by atoms with E-state index in [4.69, 9.17) is 10.5 Å². The van der Waals surface area contributed by atoms with Crippen molar-refractivity contribution >= 4 is 31.9 Å². The minimum atomic E-state index is -0.407. The zero-order valence-corrected chi connectivity index (χ0v) is 14.7.